The van der Waals surface area contributed by atoms with Crippen molar-refractivity contribution in [1.29, 1.82) is 0 Å². The summed E-state index contributed by atoms with van der Waals surface area (Å²) >= 11 is 0. The van der Waals surface area contributed by atoms with Gasteiger partial charge in [0, 0.05) is 25.3 Å². The van der Waals surface area contributed by atoms with Crippen LogP contribution in [0.2, 0.25) is 0 Å². The Morgan fingerprint density at radius 3 is 2.84 bits per heavy atom. The van der Waals surface area contributed by atoms with Gasteiger partial charge in [-0.1, -0.05) is 18.2 Å². The zero-order valence-corrected chi connectivity index (χ0v) is 14.2. The molecule has 0 radical (unpaired) electrons. The average molecular weight is 339 g/mol. The molecule has 0 unspecified atom stereocenters. The first kappa shape index (κ1) is 16.9. The summed E-state index contributed by atoms with van der Waals surface area (Å²) in [5, 5.41) is 16.8. The summed E-state index contributed by atoms with van der Waals surface area (Å²) < 4.78 is 7.21. The maximum absolute atomic E-state index is 12.0. The molecular formula is C19H21N3O3. The van der Waals surface area contributed by atoms with E-state index in [1.807, 2.05) is 54.2 Å². The highest BCUT2D eigenvalue weighted by molar-refractivity contribution is 5.90. The Kier molecular flexibility index (Phi) is 4.90. The summed E-state index contributed by atoms with van der Waals surface area (Å²) in [5.74, 6) is 0.577. The van der Waals surface area contributed by atoms with Gasteiger partial charge < -0.3 is 25.0 Å². The lowest BCUT2D eigenvalue weighted by molar-refractivity contribution is 0.175. The van der Waals surface area contributed by atoms with Crippen molar-refractivity contribution in [3.05, 3.63) is 60.3 Å². The molecule has 0 aliphatic rings. The van der Waals surface area contributed by atoms with Gasteiger partial charge in [0.1, 0.15) is 5.75 Å². The van der Waals surface area contributed by atoms with Crippen LogP contribution < -0.4 is 15.4 Å². The summed E-state index contributed by atoms with van der Waals surface area (Å²) in [4.78, 5) is 12.0. The number of anilines is 1. The molecule has 130 valence electrons. The molecule has 3 aromatic rings. The number of aryl methyl sites for hydroxylation is 1. The number of nitrogens with one attached hydrogen (secondary N) is 2. The molecule has 0 fully saturated rings. The Bertz CT molecular complexity index is 889. The number of carbonyl (C=O) groups excluding carboxylic acids is 1. The van der Waals surface area contributed by atoms with Crippen LogP contribution in [0.1, 0.15) is 11.7 Å². The van der Waals surface area contributed by atoms with E-state index in [1.54, 1.807) is 19.2 Å². The van der Waals surface area contributed by atoms with Gasteiger partial charge in [-0.15, -0.1) is 0 Å². The number of aliphatic hydroxyl groups is 1. The first-order valence-corrected chi connectivity index (χ1v) is 7.99. The fourth-order valence-corrected chi connectivity index (χ4v) is 2.73. The average Bonchev–Trinajstić information content (AvgIpc) is 3.00. The van der Waals surface area contributed by atoms with Gasteiger partial charge in [0.2, 0.25) is 0 Å². The molecule has 3 rings (SSSR count). The standard InChI is InChI=1S/C19H21N3O3/c1-22-10-9-13-11-14(7-8-16(13)22)17(23)12-20-19(24)21-15-5-3-4-6-18(15)25-2/h3-11,17,23H,12H2,1-2H3,(H2,20,21,24)/t17-/m0/s1. The van der Waals surface area contributed by atoms with Crippen molar-refractivity contribution < 1.29 is 14.6 Å². The van der Waals surface area contributed by atoms with Gasteiger partial charge in [0.25, 0.3) is 0 Å². The van der Waals surface area contributed by atoms with Crippen molar-refractivity contribution in [2.45, 2.75) is 6.10 Å². The highest BCUT2D eigenvalue weighted by atomic mass is 16.5. The van der Waals surface area contributed by atoms with Crippen molar-refractivity contribution in [2.75, 3.05) is 19.0 Å². The second kappa shape index (κ2) is 7.27. The van der Waals surface area contributed by atoms with E-state index in [2.05, 4.69) is 10.6 Å². The number of para-hydroxylation sites is 2. The molecule has 0 aliphatic heterocycles. The Morgan fingerprint density at radius 2 is 2.04 bits per heavy atom. The Balaban J connectivity index is 1.60. The van der Waals surface area contributed by atoms with Gasteiger partial charge in [0.05, 0.1) is 18.9 Å². The van der Waals surface area contributed by atoms with Crippen LogP contribution in [0.5, 0.6) is 5.75 Å². The zero-order valence-electron chi connectivity index (χ0n) is 14.2. The maximum atomic E-state index is 12.0. The Hall–Kier alpha value is -2.99. The lowest BCUT2D eigenvalue weighted by atomic mass is 10.1. The van der Waals surface area contributed by atoms with Crippen molar-refractivity contribution in [3.63, 3.8) is 0 Å². The number of carbonyl (C=O) groups is 1. The molecule has 2 aromatic carbocycles. The van der Waals surface area contributed by atoms with Gasteiger partial charge >= 0.3 is 6.03 Å². The lowest BCUT2D eigenvalue weighted by Crippen LogP contribution is -2.32. The highest BCUT2D eigenvalue weighted by Gasteiger charge is 2.12. The van der Waals surface area contributed by atoms with Gasteiger partial charge in [-0.05, 0) is 41.3 Å². The monoisotopic (exact) mass is 339 g/mol. The molecule has 1 atom stereocenters. The van der Waals surface area contributed by atoms with E-state index in [1.165, 1.54) is 0 Å². The molecule has 1 aromatic heterocycles. The smallest absolute Gasteiger partial charge is 0.319 e. The SMILES string of the molecule is COc1ccccc1NC(=O)NC[C@H](O)c1ccc2c(ccn2C)c1. The Labute approximate surface area is 146 Å². The summed E-state index contributed by atoms with van der Waals surface area (Å²) in [7, 11) is 3.52. The number of urea groups is 1. The van der Waals surface area contributed by atoms with E-state index in [0.29, 0.717) is 11.4 Å². The first-order valence-electron chi connectivity index (χ1n) is 7.99. The number of hydrogen-bond acceptors (Lipinski definition) is 3. The van der Waals surface area contributed by atoms with Crippen LogP contribution in [0.3, 0.4) is 0 Å². The van der Waals surface area contributed by atoms with Crippen LogP contribution >= 0.6 is 0 Å². The molecular weight excluding hydrogens is 318 g/mol. The predicted molar refractivity (Wildman–Crippen MR) is 97.9 cm³/mol. The summed E-state index contributed by atoms with van der Waals surface area (Å²) in [6, 6.07) is 14.5. The van der Waals surface area contributed by atoms with Crippen LogP contribution in [0.15, 0.2) is 54.7 Å². The summed E-state index contributed by atoms with van der Waals surface area (Å²) in [6.07, 6.45) is 1.19. The minimum Gasteiger partial charge on any atom is -0.495 e. The number of nitrogens with zero attached hydrogens (tertiary/aromatic N) is 1. The molecule has 0 saturated carbocycles. The molecule has 6 nitrogen and oxygen atoms in total. The van der Waals surface area contributed by atoms with E-state index in [4.69, 9.17) is 4.74 Å². The molecule has 2 amide bonds. The third-order valence-electron chi connectivity index (χ3n) is 4.11. The van der Waals surface area contributed by atoms with E-state index >= 15 is 0 Å². The van der Waals surface area contributed by atoms with Crippen molar-refractivity contribution >= 4 is 22.6 Å². The number of ether oxygens (including phenoxy) is 1. The molecule has 0 spiro atoms. The number of rotatable bonds is 5. The van der Waals surface area contributed by atoms with Crippen LogP contribution in [-0.4, -0.2) is 29.4 Å². The molecule has 3 N–H and O–H groups in total. The Morgan fingerprint density at radius 1 is 1.24 bits per heavy atom. The fraction of sp³-hybridized carbons (Fsp3) is 0.211. The van der Waals surface area contributed by atoms with Crippen molar-refractivity contribution in [3.8, 4) is 5.75 Å². The highest BCUT2D eigenvalue weighted by Crippen LogP contribution is 2.23. The number of hydrogen-bond donors (Lipinski definition) is 3. The molecule has 0 saturated heterocycles. The van der Waals surface area contributed by atoms with E-state index < -0.39 is 12.1 Å². The van der Waals surface area contributed by atoms with Crippen LogP contribution in [0.4, 0.5) is 10.5 Å². The van der Waals surface area contributed by atoms with E-state index in [0.717, 1.165) is 16.5 Å². The third-order valence-corrected chi connectivity index (χ3v) is 4.11. The second-order valence-corrected chi connectivity index (χ2v) is 5.80. The zero-order chi connectivity index (χ0) is 17.8. The predicted octanol–water partition coefficient (Wildman–Crippen LogP) is 3.04. The van der Waals surface area contributed by atoms with Crippen LogP contribution in [0, 0.1) is 0 Å². The minimum absolute atomic E-state index is 0.110. The molecule has 6 heteroatoms. The quantitative estimate of drug-likeness (QED) is 0.669. The molecule has 0 bridgehead atoms. The molecule has 1 heterocycles. The number of methoxy groups -OCH3 is 1. The number of fused-ring (bicyclic) bond motifs is 1. The number of benzene rings is 2. The topological polar surface area (TPSA) is 75.5 Å². The van der Waals surface area contributed by atoms with Gasteiger partial charge in [-0.3, -0.25) is 0 Å². The summed E-state index contributed by atoms with van der Waals surface area (Å²) in [5.41, 5.74) is 2.43. The van der Waals surface area contributed by atoms with Gasteiger partial charge in [0.15, 0.2) is 0 Å². The second-order valence-electron chi connectivity index (χ2n) is 5.80. The minimum atomic E-state index is -0.784. The lowest BCUT2D eigenvalue weighted by Gasteiger charge is -2.14. The van der Waals surface area contributed by atoms with Crippen LogP contribution in [-0.2, 0) is 7.05 Å². The third kappa shape index (κ3) is 3.75. The number of aliphatic hydroxyl groups excluding tert-OH is 1. The normalized spacial score (nSPS) is 12.0. The van der Waals surface area contributed by atoms with Crippen LogP contribution in [0.25, 0.3) is 10.9 Å². The van der Waals surface area contributed by atoms with Crippen molar-refractivity contribution in [2.24, 2.45) is 7.05 Å². The first-order chi connectivity index (χ1) is 12.1. The molecule has 0 aliphatic carbocycles. The summed E-state index contributed by atoms with van der Waals surface area (Å²) in [6.45, 7) is 0.110. The van der Waals surface area contributed by atoms with E-state index in [-0.39, 0.29) is 6.54 Å². The van der Waals surface area contributed by atoms with E-state index in [9.17, 15) is 9.90 Å². The largest absolute Gasteiger partial charge is 0.495 e. The van der Waals surface area contributed by atoms with Gasteiger partial charge in [-0.2, -0.15) is 0 Å². The number of aromatic nitrogens is 1. The van der Waals surface area contributed by atoms with Crippen molar-refractivity contribution in [1.82, 2.24) is 9.88 Å². The van der Waals surface area contributed by atoms with Gasteiger partial charge in [-0.25, -0.2) is 4.79 Å². The number of amides is 2. The molecule has 25 heavy (non-hydrogen) atoms. The maximum Gasteiger partial charge on any atom is 0.319 e. The fourth-order valence-electron chi connectivity index (χ4n) is 2.73.